The number of methoxy groups -OCH3 is 1. The summed E-state index contributed by atoms with van der Waals surface area (Å²) in [6.45, 7) is 4.56. The molecule has 26 heavy (non-hydrogen) atoms. The number of pyridine rings is 1. The van der Waals surface area contributed by atoms with E-state index in [1.54, 1.807) is 7.11 Å². The maximum absolute atomic E-state index is 5.97. The Kier molecular flexibility index (Phi) is 4.76. The third-order valence-corrected chi connectivity index (χ3v) is 4.95. The van der Waals surface area contributed by atoms with Crippen LogP contribution in [0.25, 0.3) is 10.9 Å². The van der Waals surface area contributed by atoms with E-state index in [0.717, 1.165) is 42.0 Å². The summed E-state index contributed by atoms with van der Waals surface area (Å²) in [5.41, 5.74) is 4.40. The fraction of sp³-hybridized carbons (Fsp3) is 0.318. The predicted octanol–water partition coefficient (Wildman–Crippen LogP) is 4.35. The maximum Gasteiger partial charge on any atom is 0.122 e. The summed E-state index contributed by atoms with van der Waals surface area (Å²) < 4.78 is 11.5. The van der Waals surface area contributed by atoms with E-state index in [-0.39, 0.29) is 0 Å². The molecule has 1 atom stereocenters. The van der Waals surface area contributed by atoms with Crippen LogP contribution < -0.4 is 9.64 Å². The van der Waals surface area contributed by atoms with E-state index in [1.807, 2.05) is 37.3 Å². The van der Waals surface area contributed by atoms with E-state index in [4.69, 9.17) is 14.5 Å². The minimum Gasteiger partial charge on any atom is -0.489 e. The lowest BCUT2D eigenvalue weighted by molar-refractivity contribution is 0.121. The van der Waals surface area contributed by atoms with Crippen molar-refractivity contribution in [2.45, 2.75) is 26.1 Å². The van der Waals surface area contributed by atoms with Crippen molar-refractivity contribution in [2.75, 3.05) is 25.1 Å². The number of anilines is 1. The molecule has 0 saturated carbocycles. The Hall–Kier alpha value is -2.59. The Balaban J connectivity index is 1.60. The highest BCUT2D eigenvalue weighted by Crippen LogP contribution is 2.32. The Labute approximate surface area is 154 Å². The fourth-order valence-corrected chi connectivity index (χ4v) is 3.55. The summed E-state index contributed by atoms with van der Waals surface area (Å²) in [4.78, 5) is 7.12. The van der Waals surface area contributed by atoms with Gasteiger partial charge in [0, 0.05) is 43.0 Å². The van der Waals surface area contributed by atoms with E-state index in [2.05, 4.69) is 29.2 Å². The van der Waals surface area contributed by atoms with Crippen molar-refractivity contribution in [1.82, 2.24) is 4.98 Å². The standard InChI is InChI=1S/C22H24N2O2/c1-16-12-22(24-11-10-19(14-24)25-2)20-9-8-18(13-21(20)23-16)26-15-17-6-4-3-5-7-17/h3-9,12-13,19H,10-11,14-15H2,1-2H3/t19-/m0/s1. The quantitative estimate of drug-likeness (QED) is 0.687. The van der Waals surface area contributed by atoms with Crippen molar-refractivity contribution in [3.63, 3.8) is 0 Å². The van der Waals surface area contributed by atoms with Crippen LogP contribution in [0.4, 0.5) is 5.69 Å². The van der Waals surface area contributed by atoms with Gasteiger partial charge in [-0.1, -0.05) is 30.3 Å². The molecule has 1 saturated heterocycles. The molecule has 134 valence electrons. The van der Waals surface area contributed by atoms with Gasteiger partial charge in [-0.2, -0.15) is 0 Å². The molecular formula is C22H24N2O2. The van der Waals surface area contributed by atoms with Crippen LogP contribution in [0, 0.1) is 6.92 Å². The number of aromatic nitrogens is 1. The molecule has 0 spiro atoms. The minimum absolute atomic E-state index is 0.312. The number of aryl methyl sites for hydroxylation is 1. The van der Waals surface area contributed by atoms with Crippen LogP contribution in [0.2, 0.25) is 0 Å². The largest absolute Gasteiger partial charge is 0.489 e. The van der Waals surface area contributed by atoms with Crippen LogP contribution in [-0.2, 0) is 11.3 Å². The van der Waals surface area contributed by atoms with Crippen molar-refractivity contribution in [2.24, 2.45) is 0 Å². The predicted molar refractivity (Wildman–Crippen MR) is 105 cm³/mol. The highest BCUT2D eigenvalue weighted by Gasteiger charge is 2.24. The molecule has 1 aliphatic heterocycles. The molecule has 0 N–H and O–H groups in total. The molecule has 4 heteroatoms. The molecule has 4 nitrogen and oxygen atoms in total. The summed E-state index contributed by atoms with van der Waals surface area (Å²) in [5.74, 6) is 0.849. The first-order valence-corrected chi connectivity index (χ1v) is 9.09. The lowest BCUT2D eigenvalue weighted by atomic mass is 10.1. The van der Waals surface area contributed by atoms with Crippen molar-refractivity contribution in [3.05, 3.63) is 65.9 Å². The van der Waals surface area contributed by atoms with Gasteiger partial charge in [0.05, 0.1) is 11.6 Å². The molecule has 0 aliphatic carbocycles. The number of rotatable bonds is 5. The van der Waals surface area contributed by atoms with Gasteiger partial charge in [0.15, 0.2) is 0 Å². The van der Waals surface area contributed by atoms with Gasteiger partial charge >= 0.3 is 0 Å². The minimum atomic E-state index is 0.312. The van der Waals surface area contributed by atoms with Gasteiger partial charge in [-0.05, 0) is 37.1 Å². The highest BCUT2D eigenvalue weighted by molar-refractivity contribution is 5.93. The van der Waals surface area contributed by atoms with Gasteiger partial charge in [0.25, 0.3) is 0 Å². The van der Waals surface area contributed by atoms with Crippen LogP contribution >= 0.6 is 0 Å². The van der Waals surface area contributed by atoms with Gasteiger partial charge in [-0.25, -0.2) is 0 Å². The first-order chi connectivity index (χ1) is 12.7. The van der Waals surface area contributed by atoms with E-state index >= 15 is 0 Å². The van der Waals surface area contributed by atoms with Crippen LogP contribution in [-0.4, -0.2) is 31.3 Å². The Morgan fingerprint density at radius 3 is 2.73 bits per heavy atom. The molecular weight excluding hydrogens is 324 g/mol. The van der Waals surface area contributed by atoms with Crippen molar-refractivity contribution in [1.29, 1.82) is 0 Å². The SMILES string of the molecule is CO[C@H]1CCN(c2cc(C)nc3cc(OCc4ccccc4)ccc23)C1. The summed E-state index contributed by atoms with van der Waals surface area (Å²) in [6.07, 6.45) is 1.38. The summed E-state index contributed by atoms with van der Waals surface area (Å²) >= 11 is 0. The molecule has 4 rings (SSSR count). The zero-order valence-electron chi connectivity index (χ0n) is 15.3. The summed E-state index contributed by atoms with van der Waals surface area (Å²) in [5, 5.41) is 1.17. The van der Waals surface area contributed by atoms with Gasteiger partial charge in [0.2, 0.25) is 0 Å². The lowest BCUT2D eigenvalue weighted by Crippen LogP contribution is -2.22. The summed E-state index contributed by atoms with van der Waals surface area (Å²) in [6, 6.07) is 18.6. The zero-order valence-corrected chi connectivity index (χ0v) is 15.3. The molecule has 1 aromatic heterocycles. The second-order valence-electron chi connectivity index (χ2n) is 6.83. The van der Waals surface area contributed by atoms with Crippen LogP contribution in [0.3, 0.4) is 0 Å². The Morgan fingerprint density at radius 1 is 1.12 bits per heavy atom. The van der Waals surface area contributed by atoms with Gasteiger partial charge in [-0.3, -0.25) is 4.98 Å². The van der Waals surface area contributed by atoms with Crippen molar-refractivity contribution >= 4 is 16.6 Å². The number of benzene rings is 2. The van der Waals surface area contributed by atoms with E-state index in [9.17, 15) is 0 Å². The third-order valence-electron chi connectivity index (χ3n) is 4.95. The number of hydrogen-bond acceptors (Lipinski definition) is 4. The molecule has 0 bridgehead atoms. The van der Waals surface area contributed by atoms with E-state index in [1.165, 1.54) is 11.1 Å². The Morgan fingerprint density at radius 2 is 1.96 bits per heavy atom. The van der Waals surface area contributed by atoms with Crippen molar-refractivity contribution < 1.29 is 9.47 Å². The Bertz CT molecular complexity index is 895. The van der Waals surface area contributed by atoms with Crippen molar-refractivity contribution in [3.8, 4) is 5.75 Å². The normalized spacial score (nSPS) is 17.0. The first kappa shape index (κ1) is 16.9. The van der Waals surface area contributed by atoms with Gasteiger partial charge < -0.3 is 14.4 Å². The highest BCUT2D eigenvalue weighted by atomic mass is 16.5. The molecule has 2 heterocycles. The molecule has 1 fully saturated rings. The molecule has 0 unspecified atom stereocenters. The monoisotopic (exact) mass is 348 g/mol. The van der Waals surface area contributed by atoms with Crippen LogP contribution in [0.1, 0.15) is 17.7 Å². The van der Waals surface area contributed by atoms with Gasteiger partial charge in [0.1, 0.15) is 12.4 Å². The van der Waals surface area contributed by atoms with Crippen LogP contribution in [0.15, 0.2) is 54.6 Å². The smallest absolute Gasteiger partial charge is 0.122 e. The molecule has 0 amide bonds. The van der Waals surface area contributed by atoms with Crippen LogP contribution in [0.5, 0.6) is 5.75 Å². The molecule has 1 aliphatic rings. The average molecular weight is 348 g/mol. The number of nitrogens with zero attached hydrogens (tertiary/aromatic N) is 2. The third kappa shape index (κ3) is 3.51. The number of ether oxygens (including phenoxy) is 2. The molecule has 2 aromatic carbocycles. The fourth-order valence-electron chi connectivity index (χ4n) is 3.55. The molecule has 3 aromatic rings. The number of fused-ring (bicyclic) bond motifs is 1. The maximum atomic E-state index is 5.97. The second-order valence-corrected chi connectivity index (χ2v) is 6.83. The molecule has 0 radical (unpaired) electrons. The van der Waals surface area contributed by atoms with Gasteiger partial charge in [-0.15, -0.1) is 0 Å². The summed E-state index contributed by atoms with van der Waals surface area (Å²) in [7, 11) is 1.79. The topological polar surface area (TPSA) is 34.6 Å². The second kappa shape index (κ2) is 7.34. The average Bonchev–Trinajstić information content (AvgIpc) is 3.15. The van der Waals surface area contributed by atoms with E-state index in [0.29, 0.717) is 12.7 Å². The van der Waals surface area contributed by atoms with E-state index < -0.39 is 0 Å². The zero-order chi connectivity index (χ0) is 17.9. The number of hydrogen-bond donors (Lipinski definition) is 0. The lowest BCUT2D eigenvalue weighted by Gasteiger charge is -2.21. The first-order valence-electron chi connectivity index (χ1n) is 9.09.